The normalized spacial score (nSPS) is 11.0. The van der Waals surface area contributed by atoms with E-state index >= 15 is 0 Å². The highest BCUT2D eigenvalue weighted by molar-refractivity contribution is 6.42. The van der Waals surface area contributed by atoms with Gasteiger partial charge < -0.3 is 0 Å². The average molecular weight is 441 g/mol. The van der Waals surface area contributed by atoms with Crippen molar-refractivity contribution in [3.05, 3.63) is 78.9 Å². The summed E-state index contributed by atoms with van der Waals surface area (Å²) in [5, 5.41) is 14.9. The first kappa shape index (κ1) is 19.9. The summed E-state index contributed by atoms with van der Waals surface area (Å²) >= 11 is 12.3. The van der Waals surface area contributed by atoms with Crippen molar-refractivity contribution in [2.24, 2.45) is 0 Å². The zero-order valence-electron chi connectivity index (χ0n) is 15.9. The zero-order chi connectivity index (χ0) is 21.6. The largest absolute Gasteiger partial charge is 0.336 e. The van der Waals surface area contributed by atoms with E-state index < -0.39 is 11.2 Å². The lowest BCUT2D eigenvalue weighted by molar-refractivity contribution is 0.657. The van der Waals surface area contributed by atoms with Crippen LogP contribution < -0.4 is 11.2 Å². The molecule has 0 radical (unpaired) electrons. The Kier molecular flexibility index (Phi) is 4.94. The SMILES string of the molecule is Cc1cncc(-n2c(=O)c(-n3ncc4cc(Cl)c(Cl)cc43)c(C)n(CC#N)c2=O)c1. The van der Waals surface area contributed by atoms with Gasteiger partial charge in [-0.3, -0.25) is 14.3 Å². The van der Waals surface area contributed by atoms with E-state index in [2.05, 4.69) is 10.1 Å². The van der Waals surface area contributed by atoms with Crippen LogP contribution in [0.1, 0.15) is 11.3 Å². The second-order valence-electron chi connectivity index (χ2n) is 6.70. The molecule has 0 aliphatic heterocycles. The molecule has 150 valence electrons. The van der Waals surface area contributed by atoms with Gasteiger partial charge in [-0.1, -0.05) is 23.2 Å². The van der Waals surface area contributed by atoms with Crippen molar-refractivity contribution in [3.8, 4) is 17.4 Å². The highest BCUT2D eigenvalue weighted by Gasteiger charge is 2.21. The number of fused-ring (bicyclic) bond motifs is 1. The van der Waals surface area contributed by atoms with Crippen molar-refractivity contribution in [1.82, 2.24) is 23.9 Å². The molecule has 3 aromatic heterocycles. The lowest BCUT2D eigenvalue weighted by Gasteiger charge is -2.16. The van der Waals surface area contributed by atoms with Crippen LogP contribution in [-0.4, -0.2) is 23.9 Å². The van der Waals surface area contributed by atoms with Crippen LogP contribution in [-0.2, 0) is 6.54 Å². The second kappa shape index (κ2) is 7.44. The van der Waals surface area contributed by atoms with Crippen molar-refractivity contribution >= 4 is 34.1 Å². The van der Waals surface area contributed by atoms with E-state index in [1.165, 1.54) is 15.4 Å². The Morgan fingerprint density at radius 3 is 2.50 bits per heavy atom. The molecular weight excluding hydrogens is 427 g/mol. The quantitative estimate of drug-likeness (QED) is 0.487. The molecule has 8 nitrogen and oxygen atoms in total. The molecule has 0 saturated heterocycles. The van der Waals surface area contributed by atoms with Crippen molar-refractivity contribution in [3.63, 3.8) is 0 Å². The first-order chi connectivity index (χ1) is 14.3. The maximum Gasteiger partial charge on any atom is 0.336 e. The van der Waals surface area contributed by atoms with Gasteiger partial charge in [-0.15, -0.1) is 0 Å². The number of rotatable bonds is 3. The van der Waals surface area contributed by atoms with Crippen LogP contribution in [0.5, 0.6) is 0 Å². The van der Waals surface area contributed by atoms with Gasteiger partial charge in [0.15, 0.2) is 5.69 Å². The highest BCUT2D eigenvalue weighted by Crippen LogP contribution is 2.29. The lowest BCUT2D eigenvalue weighted by Crippen LogP contribution is -2.42. The molecule has 0 spiro atoms. The van der Waals surface area contributed by atoms with Gasteiger partial charge in [0.25, 0.3) is 5.56 Å². The fourth-order valence-corrected chi connectivity index (χ4v) is 3.66. The average Bonchev–Trinajstić information content (AvgIpc) is 3.08. The molecule has 4 rings (SSSR count). The van der Waals surface area contributed by atoms with Crippen LogP contribution in [0.3, 0.4) is 0 Å². The third kappa shape index (κ3) is 3.09. The standard InChI is InChI=1S/C20H14Cl2N6O2/c1-11-5-14(10-24-8-11)27-19(29)18(12(2)26(4-3-23)20(27)30)28-17-7-16(22)15(21)6-13(17)9-25-28/h5-10H,4H2,1-2H3. The Balaban J connectivity index is 2.14. The van der Waals surface area contributed by atoms with Gasteiger partial charge in [0.1, 0.15) is 6.54 Å². The molecule has 10 heteroatoms. The minimum Gasteiger partial charge on any atom is -0.282 e. The molecule has 3 heterocycles. The predicted octanol–water partition coefficient (Wildman–Crippen LogP) is 3.18. The molecule has 30 heavy (non-hydrogen) atoms. The van der Waals surface area contributed by atoms with Crippen molar-refractivity contribution in [1.29, 1.82) is 5.26 Å². The molecule has 0 unspecified atom stereocenters. The van der Waals surface area contributed by atoms with E-state index in [9.17, 15) is 14.9 Å². The number of aryl methyl sites for hydroxylation is 1. The predicted molar refractivity (Wildman–Crippen MR) is 114 cm³/mol. The summed E-state index contributed by atoms with van der Waals surface area (Å²) in [6.07, 6.45) is 4.59. The fourth-order valence-electron chi connectivity index (χ4n) is 3.33. The monoisotopic (exact) mass is 440 g/mol. The first-order valence-corrected chi connectivity index (χ1v) is 9.57. The first-order valence-electron chi connectivity index (χ1n) is 8.82. The van der Waals surface area contributed by atoms with Crippen LogP contribution in [0.25, 0.3) is 22.3 Å². The minimum atomic E-state index is -0.632. The Morgan fingerprint density at radius 2 is 1.80 bits per heavy atom. The number of benzene rings is 1. The molecule has 0 atom stereocenters. The summed E-state index contributed by atoms with van der Waals surface area (Å²) in [4.78, 5) is 30.6. The van der Waals surface area contributed by atoms with Gasteiger partial charge in [0.05, 0.1) is 45.4 Å². The number of aromatic nitrogens is 5. The van der Waals surface area contributed by atoms with E-state index in [1.54, 1.807) is 44.4 Å². The maximum atomic E-state index is 13.5. The van der Waals surface area contributed by atoms with E-state index in [-0.39, 0.29) is 12.2 Å². The third-order valence-electron chi connectivity index (χ3n) is 4.74. The van der Waals surface area contributed by atoms with Gasteiger partial charge >= 0.3 is 5.69 Å². The number of pyridine rings is 1. The van der Waals surface area contributed by atoms with Gasteiger partial charge in [-0.2, -0.15) is 10.4 Å². The Morgan fingerprint density at radius 1 is 1.07 bits per heavy atom. The van der Waals surface area contributed by atoms with E-state index in [0.29, 0.717) is 32.3 Å². The molecule has 0 saturated carbocycles. The summed E-state index contributed by atoms with van der Waals surface area (Å²) in [6, 6.07) is 6.88. The summed E-state index contributed by atoms with van der Waals surface area (Å²) in [5.41, 5.74) is 0.831. The molecule has 0 fully saturated rings. The summed E-state index contributed by atoms with van der Waals surface area (Å²) in [5.74, 6) is 0. The maximum absolute atomic E-state index is 13.5. The highest BCUT2D eigenvalue weighted by atomic mass is 35.5. The Hall–Kier alpha value is -3.41. The van der Waals surface area contributed by atoms with Crippen LogP contribution in [0.15, 0.2) is 46.4 Å². The number of halogens is 2. The molecule has 1 aromatic carbocycles. The zero-order valence-corrected chi connectivity index (χ0v) is 17.4. The topological polar surface area (TPSA) is 98.5 Å². The smallest absolute Gasteiger partial charge is 0.282 e. The van der Waals surface area contributed by atoms with Gasteiger partial charge in [0.2, 0.25) is 0 Å². The van der Waals surface area contributed by atoms with Crippen LogP contribution in [0.4, 0.5) is 0 Å². The molecule has 0 aliphatic rings. The summed E-state index contributed by atoms with van der Waals surface area (Å²) < 4.78 is 3.62. The van der Waals surface area contributed by atoms with Gasteiger partial charge in [0, 0.05) is 11.6 Å². The lowest BCUT2D eigenvalue weighted by atomic mass is 10.2. The fraction of sp³-hybridized carbons (Fsp3) is 0.150. The number of hydrogen-bond acceptors (Lipinski definition) is 5. The molecular formula is C20H14Cl2N6O2. The van der Waals surface area contributed by atoms with Crippen molar-refractivity contribution < 1.29 is 0 Å². The minimum absolute atomic E-state index is 0.125. The Labute approximate surface area is 180 Å². The molecule has 0 aliphatic carbocycles. The summed E-state index contributed by atoms with van der Waals surface area (Å²) in [6.45, 7) is 3.17. The third-order valence-corrected chi connectivity index (χ3v) is 5.47. The molecule has 0 bridgehead atoms. The molecule has 0 amide bonds. The number of nitrogens with zero attached hydrogens (tertiary/aromatic N) is 6. The number of hydrogen-bond donors (Lipinski definition) is 0. The molecule has 4 aromatic rings. The van der Waals surface area contributed by atoms with Crippen molar-refractivity contribution in [2.45, 2.75) is 20.4 Å². The van der Waals surface area contributed by atoms with Crippen LogP contribution >= 0.6 is 23.2 Å². The van der Waals surface area contributed by atoms with Crippen molar-refractivity contribution in [2.75, 3.05) is 0 Å². The number of nitriles is 1. The van der Waals surface area contributed by atoms with E-state index in [4.69, 9.17) is 23.2 Å². The second-order valence-corrected chi connectivity index (χ2v) is 7.52. The molecule has 0 N–H and O–H groups in total. The van der Waals surface area contributed by atoms with E-state index in [0.717, 1.165) is 10.1 Å². The van der Waals surface area contributed by atoms with Crippen LogP contribution in [0, 0.1) is 25.2 Å². The van der Waals surface area contributed by atoms with Gasteiger partial charge in [-0.05, 0) is 37.6 Å². The Bertz CT molecular complexity index is 1480. The van der Waals surface area contributed by atoms with Gasteiger partial charge in [-0.25, -0.2) is 14.0 Å². The van der Waals surface area contributed by atoms with E-state index in [1.807, 2.05) is 6.07 Å². The summed E-state index contributed by atoms with van der Waals surface area (Å²) in [7, 11) is 0. The van der Waals surface area contributed by atoms with Crippen LogP contribution in [0.2, 0.25) is 10.0 Å².